The number of carbonyl (C=O) groups excluding carboxylic acids is 1. The van der Waals surface area contributed by atoms with Crippen LogP contribution in [0.25, 0.3) is 32.2 Å². The number of hydrogen-bond donors (Lipinski definition) is 2. The maximum absolute atomic E-state index is 16.6. The number of ether oxygens (including phenoxy) is 1. The van der Waals surface area contributed by atoms with Crippen molar-refractivity contribution >= 4 is 61.0 Å². The molecule has 4 N–H and O–H groups in total. The Balaban J connectivity index is 1.29. The van der Waals surface area contributed by atoms with Crippen molar-refractivity contribution in [1.82, 2.24) is 24.8 Å². The number of benzene rings is 2. The number of halogens is 2. The minimum atomic E-state index is -0.548. The van der Waals surface area contributed by atoms with Crippen LogP contribution in [0.15, 0.2) is 24.3 Å². The minimum absolute atomic E-state index is 0.0604. The highest BCUT2D eigenvalue weighted by atomic mass is 35.5. The number of likely N-dealkylation sites (tertiary alicyclic amines) is 2. The normalized spacial score (nSPS) is 20.5. The molecule has 2 amide bonds. The summed E-state index contributed by atoms with van der Waals surface area (Å²) in [5.41, 5.74) is 13.0. The van der Waals surface area contributed by atoms with Crippen LogP contribution in [0.3, 0.4) is 0 Å². The summed E-state index contributed by atoms with van der Waals surface area (Å²) in [6, 6.07) is 7.31. The van der Waals surface area contributed by atoms with Gasteiger partial charge in [-0.15, -0.1) is 0 Å². The first-order chi connectivity index (χ1) is 20.2. The SMILES string of the molecule is CN1CCC[C@H]1COc1nc(N2CCC3(CC2)CN(C(N)=O)C3)c2cc(Cl)c(-c3cccc4sc(N)nc34)c(F)c2n1. The first kappa shape index (κ1) is 27.4. The van der Waals surface area contributed by atoms with Gasteiger partial charge in [-0.1, -0.05) is 35.1 Å². The van der Waals surface area contributed by atoms with E-state index >= 15 is 4.39 Å². The van der Waals surface area contributed by atoms with Gasteiger partial charge in [-0.2, -0.15) is 9.97 Å². The van der Waals surface area contributed by atoms with Crippen molar-refractivity contribution in [2.75, 3.05) is 57.0 Å². The fourth-order valence-corrected chi connectivity index (χ4v) is 7.72. The molecule has 0 saturated carbocycles. The van der Waals surface area contributed by atoms with Gasteiger partial charge in [0.1, 0.15) is 17.9 Å². The van der Waals surface area contributed by atoms with Crippen molar-refractivity contribution in [1.29, 1.82) is 0 Å². The molecule has 0 bridgehead atoms. The molecular weight excluding hydrogens is 579 g/mol. The predicted octanol–water partition coefficient (Wildman–Crippen LogP) is 4.74. The summed E-state index contributed by atoms with van der Waals surface area (Å²) in [6.07, 6.45) is 3.88. The number of primary amides is 1. The van der Waals surface area contributed by atoms with E-state index in [4.69, 9.17) is 32.8 Å². The number of rotatable bonds is 5. The van der Waals surface area contributed by atoms with Crippen LogP contribution >= 0.6 is 22.9 Å². The predicted molar refractivity (Wildman–Crippen MR) is 164 cm³/mol. The first-order valence-corrected chi connectivity index (χ1v) is 15.4. The third-order valence-electron chi connectivity index (χ3n) is 9.11. The fraction of sp³-hybridized carbons (Fsp3) is 0.448. The van der Waals surface area contributed by atoms with Gasteiger partial charge in [0.2, 0.25) is 0 Å². The number of carbonyl (C=O) groups is 1. The molecule has 0 radical (unpaired) electrons. The van der Waals surface area contributed by atoms with E-state index in [9.17, 15) is 4.79 Å². The van der Waals surface area contributed by atoms with E-state index in [0.717, 1.165) is 36.9 Å². The van der Waals surface area contributed by atoms with Crippen LogP contribution in [0.2, 0.25) is 5.02 Å². The Labute approximate surface area is 251 Å². The maximum atomic E-state index is 16.6. The average Bonchev–Trinajstić information content (AvgIpc) is 3.54. The van der Waals surface area contributed by atoms with Crippen LogP contribution in [0.5, 0.6) is 6.01 Å². The van der Waals surface area contributed by atoms with Crippen LogP contribution in [0.1, 0.15) is 25.7 Å². The molecule has 3 fully saturated rings. The Morgan fingerprint density at radius 1 is 1.19 bits per heavy atom. The van der Waals surface area contributed by atoms with Crippen molar-refractivity contribution in [3.63, 3.8) is 0 Å². The largest absolute Gasteiger partial charge is 0.462 e. The number of para-hydroxylation sites is 1. The molecule has 10 nitrogen and oxygen atoms in total. The van der Waals surface area contributed by atoms with Crippen LogP contribution in [0, 0.1) is 11.2 Å². The Morgan fingerprint density at radius 3 is 2.69 bits per heavy atom. The second-order valence-corrected chi connectivity index (χ2v) is 13.2. The summed E-state index contributed by atoms with van der Waals surface area (Å²) in [7, 11) is 2.08. The van der Waals surface area contributed by atoms with E-state index in [1.54, 1.807) is 17.0 Å². The first-order valence-electron chi connectivity index (χ1n) is 14.2. The molecule has 7 rings (SSSR count). The molecule has 1 spiro atoms. The van der Waals surface area contributed by atoms with E-state index in [1.807, 2.05) is 12.1 Å². The Hall–Kier alpha value is -3.48. The van der Waals surface area contributed by atoms with Crippen molar-refractivity contribution in [3.05, 3.63) is 35.1 Å². The molecule has 0 aliphatic carbocycles. The van der Waals surface area contributed by atoms with Crippen molar-refractivity contribution < 1.29 is 13.9 Å². The molecule has 0 unspecified atom stereocenters. The third-order valence-corrected chi connectivity index (χ3v) is 10.3. The van der Waals surface area contributed by atoms with Gasteiger partial charge >= 0.3 is 12.0 Å². The molecule has 2 aromatic carbocycles. The summed E-state index contributed by atoms with van der Waals surface area (Å²) in [6.45, 7) is 4.17. The summed E-state index contributed by atoms with van der Waals surface area (Å²) in [4.78, 5) is 31.5. The number of anilines is 2. The monoisotopic (exact) mass is 610 g/mol. The lowest BCUT2D eigenvalue weighted by molar-refractivity contribution is 0.0143. The standard InChI is InChI=1S/C29H32ClFN8O2S/c1-37-9-3-4-16(37)13-41-28-35-24-18(25(36-28)38-10-7-29(8-11-38)14-39(15-29)27(33)40)12-19(30)21(22(24)31)17-5-2-6-20-23(17)34-26(32)42-20/h2,5-6,12,16H,3-4,7-11,13-15H2,1H3,(H2,32,34)(H2,33,40)/t16-/m0/s1. The number of likely N-dealkylation sites (N-methyl/N-ethyl adjacent to an activating group) is 1. The minimum Gasteiger partial charge on any atom is -0.462 e. The maximum Gasteiger partial charge on any atom is 0.319 e. The zero-order valence-electron chi connectivity index (χ0n) is 23.3. The molecule has 3 aliphatic rings. The molecular formula is C29H32ClFN8O2S. The Kier molecular flexibility index (Phi) is 6.74. The average molecular weight is 611 g/mol. The van der Waals surface area contributed by atoms with Crippen LogP contribution in [-0.2, 0) is 0 Å². The fourth-order valence-electron chi connectivity index (χ4n) is 6.67. The Morgan fingerprint density at radius 2 is 1.98 bits per heavy atom. The molecule has 5 heterocycles. The summed E-state index contributed by atoms with van der Waals surface area (Å²) in [5.74, 6) is 0.0480. The van der Waals surface area contributed by atoms with Gasteiger partial charge in [0, 0.05) is 54.1 Å². The Bertz CT molecular complexity index is 1700. The lowest BCUT2D eigenvalue weighted by Crippen LogP contribution is -2.63. The van der Waals surface area contributed by atoms with E-state index < -0.39 is 5.82 Å². The van der Waals surface area contributed by atoms with Crippen LogP contribution in [0.4, 0.5) is 20.1 Å². The number of piperidine rings is 1. The quantitative estimate of drug-likeness (QED) is 0.332. The third kappa shape index (κ3) is 4.65. The molecule has 1 atom stereocenters. The number of nitrogens with zero attached hydrogens (tertiary/aromatic N) is 6. The van der Waals surface area contributed by atoms with Gasteiger partial charge in [-0.05, 0) is 51.4 Å². The topological polar surface area (TPSA) is 127 Å². The second-order valence-electron chi connectivity index (χ2n) is 11.7. The number of aromatic nitrogens is 3. The van der Waals surface area contributed by atoms with Crippen molar-refractivity contribution in [3.8, 4) is 17.1 Å². The lowest BCUT2D eigenvalue weighted by Gasteiger charge is -2.53. The van der Waals surface area contributed by atoms with Crippen molar-refractivity contribution in [2.45, 2.75) is 31.7 Å². The van der Waals surface area contributed by atoms with Gasteiger partial charge in [0.15, 0.2) is 10.9 Å². The molecule has 4 aromatic rings. The molecule has 220 valence electrons. The van der Waals surface area contributed by atoms with Crippen LogP contribution < -0.4 is 21.1 Å². The van der Waals surface area contributed by atoms with Gasteiger partial charge in [-0.3, -0.25) is 0 Å². The van der Waals surface area contributed by atoms with E-state index in [2.05, 4.69) is 26.8 Å². The number of thiazole rings is 1. The zero-order chi connectivity index (χ0) is 29.2. The highest BCUT2D eigenvalue weighted by Gasteiger charge is 2.46. The van der Waals surface area contributed by atoms with Crippen molar-refractivity contribution in [2.24, 2.45) is 11.1 Å². The molecule has 3 aliphatic heterocycles. The molecule has 2 aromatic heterocycles. The second kappa shape index (κ2) is 10.4. The molecule has 13 heteroatoms. The molecule has 3 saturated heterocycles. The number of fused-ring (bicyclic) bond motifs is 2. The van der Waals surface area contributed by atoms with E-state index in [1.165, 1.54) is 11.3 Å². The zero-order valence-corrected chi connectivity index (χ0v) is 24.8. The van der Waals surface area contributed by atoms with Gasteiger partial charge in [0.25, 0.3) is 0 Å². The van der Waals surface area contributed by atoms with Gasteiger partial charge in [0.05, 0.1) is 15.2 Å². The highest BCUT2D eigenvalue weighted by molar-refractivity contribution is 7.22. The summed E-state index contributed by atoms with van der Waals surface area (Å²) in [5, 5.41) is 1.18. The number of nitrogen functional groups attached to an aromatic ring is 1. The highest BCUT2D eigenvalue weighted by Crippen LogP contribution is 2.45. The smallest absolute Gasteiger partial charge is 0.319 e. The summed E-state index contributed by atoms with van der Waals surface area (Å²) >= 11 is 8.17. The number of hydrogen-bond acceptors (Lipinski definition) is 9. The van der Waals surface area contributed by atoms with Gasteiger partial charge < -0.3 is 30.9 Å². The summed E-state index contributed by atoms with van der Waals surface area (Å²) < 4.78 is 23.6. The number of urea groups is 1. The lowest BCUT2D eigenvalue weighted by atomic mass is 9.72. The van der Waals surface area contributed by atoms with E-state index in [-0.39, 0.29) is 39.6 Å². The van der Waals surface area contributed by atoms with Crippen LogP contribution in [-0.4, -0.2) is 83.2 Å². The molecule has 42 heavy (non-hydrogen) atoms. The van der Waals surface area contributed by atoms with E-state index in [0.29, 0.717) is 60.2 Å². The van der Waals surface area contributed by atoms with Gasteiger partial charge in [-0.25, -0.2) is 14.2 Å². The number of nitrogens with two attached hydrogens (primary N) is 2. The number of amides is 2.